The van der Waals surface area contributed by atoms with Gasteiger partial charge in [-0.2, -0.15) is 0 Å². The summed E-state index contributed by atoms with van der Waals surface area (Å²) in [6.45, 7) is 3.78. The predicted octanol–water partition coefficient (Wildman–Crippen LogP) is 2.79. The number of phenols is 1. The van der Waals surface area contributed by atoms with E-state index in [4.69, 9.17) is 4.74 Å². The number of phenolic OH excluding ortho intramolecular Hbond substituents is 1. The lowest BCUT2D eigenvalue weighted by atomic mass is 10.1. The van der Waals surface area contributed by atoms with Crippen LogP contribution in [0.1, 0.15) is 43.6 Å². The minimum Gasteiger partial charge on any atom is -0.508 e. The fraction of sp³-hybridized carbons (Fsp3) is 0.250. The summed E-state index contributed by atoms with van der Waals surface area (Å²) in [7, 11) is 0. The van der Waals surface area contributed by atoms with E-state index in [9.17, 15) is 14.7 Å². The molecule has 1 amide bonds. The molecule has 2 heterocycles. The lowest BCUT2D eigenvalue weighted by Gasteiger charge is -2.27. The van der Waals surface area contributed by atoms with Crippen molar-refractivity contribution in [3.8, 4) is 5.75 Å². The van der Waals surface area contributed by atoms with Gasteiger partial charge in [-0.3, -0.25) is 4.79 Å². The number of hydrogen-bond donors (Lipinski definition) is 3. The number of aromatic hydroxyl groups is 1. The molecule has 0 saturated heterocycles. The van der Waals surface area contributed by atoms with Gasteiger partial charge in [-0.1, -0.05) is 18.2 Å². The highest BCUT2D eigenvalue weighted by Gasteiger charge is 2.33. The molecule has 1 aromatic carbocycles. The van der Waals surface area contributed by atoms with Crippen LogP contribution in [0.4, 0.5) is 5.69 Å². The highest BCUT2D eigenvalue weighted by Crippen LogP contribution is 2.39. The Hall–Kier alpha value is -2.54. The minimum absolute atomic E-state index is 0.0680. The van der Waals surface area contributed by atoms with Crippen LogP contribution in [0, 0.1) is 6.92 Å². The van der Waals surface area contributed by atoms with Gasteiger partial charge in [0.1, 0.15) is 16.8 Å². The molecule has 1 aliphatic heterocycles. The van der Waals surface area contributed by atoms with Crippen LogP contribution in [0.5, 0.6) is 5.75 Å². The van der Waals surface area contributed by atoms with Gasteiger partial charge in [0.05, 0.1) is 17.9 Å². The second-order valence-corrected chi connectivity index (χ2v) is 6.29. The lowest BCUT2D eigenvalue weighted by Crippen LogP contribution is -2.38. The van der Waals surface area contributed by atoms with Crippen molar-refractivity contribution in [2.24, 2.45) is 0 Å². The zero-order valence-electron chi connectivity index (χ0n) is 12.7. The summed E-state index contributed by atoms with van der Waals surface area (Å²) in [5, 5.41) is 15.9. The van der Waals surface area contributed by atoms with Crippen LogP contribution < -0.4 is 10.6 Å². The van der Waals surface area contributed by atoms with Crippen molar-refractivity contribution in [3.63, 3.8) is 0 Å². The maximum absolute atomic E-state index is 12.4. The van der Waals surface area contributed by atoms with E-state index >= 15 is 0 Å². The number of amides is 1. The third-order valence-electron chi connectivity index (χ3n) is 3.58. The van der Waals surface area contributed by atoms with Crippen LogP contribution in [0.2, 0.25) is 0 Å². The molecular weight excluding hydrogens is 316 g/mol. The molecular formula is C16H16N2O4S. The Labute approximate surface area is 137 Å². The van der Waals surface area contributed by atoms with Gasteiger partial charge in [0.25, 0.3) is 5.91 Å². The largest absolute Gasteiger partial charge is 0.508 e. The van der Waals surface area contributed by atoms with E-state index in [0.717, 1.165) is 4.88 Å². The first-order valence-electron chi connectivity index (χ1n) is 7.18. The summed E-state index contributed by atoms with van der Waals surface area (Å²) in [5.74, 6) is -0.672. The monoisotopic (exact) mass is 332 g/mol. The Balaban J connectivity index is 2.03. The molecule has 1 unspecified atom stereocenters. The molecule has 3 rings (SSSR count). The Morgan fingerprint density at radius 2 is 2.09 bits per heavy atom. The van der Waals surface area contributed by atoms with Gasteiger partial charge < -0.3 is 20.5 Å². The van der Waals surface area contributed by atoms with E-state index in [-0.39, 0.29) is 18.3 Å². The van der Waals surface area contributed by atoms with Crippen molar-refractivity contribution >= 4 is 28.9 Å². The van der Waals surface area contributed by atoms with Crippen LogP contribution in [0.25, 0.3) is 0 Å². The Bertz CT molecular complexity index is 784. The third kappa shape index (κ3) is 2.63. The number of anilines is 1. The normalized spacial score (nSPS) is 16.3. The van der Waals surface area contributed by atoms with Crippen molar-refractivity contribution in [1.82, 2.24) is 5.32 Å². The van der Waals surface area contributed by atoms with E-state index in [1.54, 1.807) is 38.1 Å². The van der Waals surface area contributed by atoms with Crippen LogP contribution in [-0.2, 0) is 4.74 Å². The van der Waals surface area contributed by atoms with Crippen molar-refractivity contribution in [2.45, 2.75) is 20.0 Å². The number of rotatable bonds is 3. The number of nitrogens with one attached hydrogen (secondary N) is 2. The molecule has 0 bridgehead atoms. The minimum atomic E-state index is -0.613. The number of carbonyl (C=O) groups is 2. The van der Waals surface area contributed by atoms with Crippen molar-refractivity contribution in [1.29, 1.82) is 0 Å². The number of esters is 1. The van der Waals surface area contributed by atoms with Gasteiger partial charge in [0, 0.05) is 10.4 Å². The molecule has 7 heteroatoms. The number of hydrogen-bond acceptors (Lipinski definition) is 6. The zero-order valence-corrected chi connectivity index (χ0v) is 13.5. The van der Waals surface area contributed by atoms with Crippen LogP contribution in [-0.4, -0.2) is 23.6 Å². The Kier molecular flexibility index (Phi) is 3.96. The first kappa shape index (κ1) is 15.4. The van der Waals surface area contributed by atoms with Crippen LogP contribution in [0.15, 0.2) is 24.3 Å². The number of benzene rings is 1. The summed E-state index contributed by atoms with van der Waals surface area (Å²) in [5.41, 5.74) is 1.44. The maximum Gasteiger partial charge on any atom is 0.350 e. The quantitative estimate of drug-likeness (QED) is 0.752. The topological polar surface area (TPSA) is 87.7 Å². The molecule has 0 saturated carbocycles. The van der Waals surface area contributed by atoms with Gasteiger partial charge in [-0.05, 0) is 19.9 Å². The molecule has 1 atom stereocenters. The Morgan fingerprint density at radius 3 is 2.78 bits per heavy atom. The summed E-state index contributed by atoms with van der Waals surface area (Å²) in [4.78, 5) is 25.6. The second-order valence-electron chi connectivity index (χ2n) is 5.07. The molecule has 120 valence electrons. The standard InChI is InChI=1S/C16H16N2O4S/c1-3-22-16(21)13-12-11(8(2)23-13)15(20)18-14(17-12)9-6-4-5-7-10(9)19/h4-7,14,17,19H,3H2,1-2H3,(H,18,20). The number of para-hydroxylation sites is 1. The van der Waals surface area contributed by atoms with E-state index in [0.29, 0.717) is 21.7 Å². The molecule has 0 fully saturated rings. The molecule has 1 aliphatic rings. The summed E-state index contributed by atoms with van der Waals surface area (Å²) < 4.78 is 5.06. The van der Waals surface area contributed by atoms with Gasteiger partial charge in [0.15, 0.2) is 0 Å². The Morgan fingerprint density at radius 1 is 1.35 bits per heavy atom. The summed E-state index contributed by atoms with van der Waals surface area (Å²) in [6, 6.07) is 6.72. The van der Waals surface area contributed by atoms with Gasteiger partial charge >= 0.3 is 5.97 Å². The van der Waals surface area contributed by atoms with E-state index in [1.807, 2.05) is 0 Å². The number of carbonyl (C=O) groups excluding carboxylic acids is 2. The molecule has 0 aliphatic carbocycles. The van der Waals surface area contributed by atoms with Crippen molar-refractivity contribution < 1.29 is 19.4 Å². The smallest absolute Gasteiger partial charge is 0.350 e. The van der Waals surface area contributed by atoms with Crippen molar-refractivity contribution in [3.05, 3.63) is 45.1 Å². The maximum atomic E-state index is 12.4. The van der Waals surface area contributed by atoms with Gasteiger partial charge in [-0.15, -0.1) is 11.3 Å². The highest BCUT2D eigenvalue weighted by atomic mass is 32.1. The molecule has 2 aromatic rings. The number of fused-ring (bicyclic) bond motifs is 1. The molecule has 23 heavy (non-hydrogen) atoms. The number of aryl methyl sites for hydroxylation is 1. The molecule has 1 aromatic heterocycles. The van der Waals surface area contributed by atoms with Crippen LogP contribution in [0.3, 0.4) is 0 Å². The number of thiophene rings is 1. The average molecular weight is 332 g/mol. The molecule has 0 spiro atoms. The third-order valence-corrected chi connectivity index (χ3v) is 4.67. The fourth-order valence-corrected chi connectivity index (χ4v) is 3.58. The fourth-order valence-electron chi connectivity index (χ4n) is 2.57. The molecule has 0 radical (unpaired) electrons. The lowest BCUT2D eigenvalue weighted by molar-refractivity contribution is 0.0533. The average Bonchev–Trinajstić information content (AvgIpc) is 2.85. The van der Waals surface area contributed by atoms with E-state index in [2.05, 4.69) is 10.6 Å². The second kappa shape index (κ2) is 5.92. The highest BCUT2D eigenvalue weighted by molar-refractivity contribution is 7.15. The number of ether oxygens (including phenoxy) is 1. The van der Waals surface area contributed by atoms with Crippen LogP contribution >= 0.6 is 11.3 Å². The first-order chi connectivity index (χ1) is 11.0. The summed E-state index contributed by atoms with van der Waals surface area (Å²) >= 11 is 1.22. The molecule has 6 nitrogen and oxygen atoms in total. The first-order valence-corrected chi connectivity index (χ1v) is 8.00. The van der Waals surface area contributed by atoms with Gasteiger partial charge in [0.2, 0.25) is 0 Å². The summed E-state index contributed by atoms with van der Waals surface area (Å²) in [6.07, 6.45) is -0.613. The van der Waals surface area contributed by atoms with Gasteiger partial charge in [-0.25, -0.2) is 4.79 Å². The molecule has 3 N–H and O–H groups in total. The zero-order chi connectivity index (χ0) is 16.6. The predicted molar refractivity (Wildman–Crippen MR) is 86.9 cm³/mol. The van der Waals surface area contributed by atoms with E-state index < -0.39 is 12.1 Å². The SMILES string of the molecule is CCOC(=O)c1sc(C)c2c1NC(c1ccccc1O)NC2=O. The van der Waals surface area contributed by atoms with E-state index in [1.165, 1.54) is 11.3 Å². The van der Waals surface area contributed by atoms with Crippen molar-refractivity contribution in [2.75, 3.05) is 11.9 Å².